The van der Waals surface area contributed by atoms with Gasteiger partial charge in [0, 0.05) is 36.3 Å². The molecule has 0 bridgehead atoms. The average molecular weight is 251 g/mol. The van der Waals surface area contributed by atoms with Gasteiger partial charge in [0.2, 0.25) is 0 Å². The van der Waals surface area contributed by atoms with Gasteiger partial charge in [0.05, 0.1) is 0 Å². The first-order chi connectivity index (χ1) is 8.16. The van der Waals surface area contributed by atoms with Gasteiger partial charge in [-0.05, 0) is 38.1 Å². The van der Waals surface area contributed by atoms with Crippen molar-refractivity contribution >= 4 is 17.1 Å². The third kappa shape index (κ3) is 3.39. The zero-order valence-electron chi connectivity index (χ0n) is 10.7. The van der Waals surface area contributed by atoms with Crippen LogP contribution in [-0.2, 0) is 11.3 Å². The quantitative estimate of drug-likeness (QED) is 0.816. The van der Waals surface area contributed by atoms with Crippen LogP contribution in [0.4, 0.5) is 0 Å². The van der Waals surface area contributed by atoms with Gasteiger partial charge < -0.3 is 0 Å². The molecule has 1 aliphatic carbocycles. The van der Waals surface area contributed by atoms with Gasteiger partial charge in [-0.1, -0.05) is 6.07 Å². The highest BCUT2D eigenvalue weighted by atomic mass is 32.1. The second-order valence-electron chi connectivity index (χ2n) is 5.12. The summed E-state index contributed by atoms with van der Waals surface area (Å²) >= 11 is 1.82. The van der Waals surface area contributed by atoms with E-state index in [1.165, 1.54) is 4.88 Å². The van der Waals surface area contributed by atoms with Crippen LogP contribution in [0.15, 0.2) is 17.5 Å². The molecule has 1 fully saturated rings. The van der Waals surface area contributed by atoms with E-state index in [1.54, 1.807) is 0 Å². The topological polar surface area (TPSA) is 20.3 Å². The third-order valence-corrected chi connectivity index (χ3v) is 4.42. The molecule has 0 amide bonds. The summed E-state index contributed by atoms with van der Waals surface area (Å²) < 4.78 is 0. The molecule has 1 saturated carbocycles. The van der Waals surface area contributed by atoms with E-state index in [4.69, 9.17) is 0 Å². The maximum atomic E-state index is 11.3. The van der Waals surface area contributed by atoms with Crippen molar-refractivity contribution in [1.29, 1.82) is 0 Å². The minimum absolute atomic E-state index is 0.445. The molecule has 0 radical (unpaired) electrons. The van der Waals surface area contributed by atoms with Crippen LogP contribution in [-0.4, -0.2) is 22.8 Å². The average Bonchev–Trinajstić information content (AvgIpc) is 2.80. The molecular formula is C14H21NOS. The van der Waals surface area contributed by atoms with Crippen molar-refractivity contribution in [1.82, 2.24) is 4.90 Å². The fourth-order valence-electron chi connectivity index (χ4n) is 2.57. The Balaban J connectivity index is 1.99. The summed E-state index contributed by atoms with van der Waals surface area (Å²) in [5.41, 5.74) is 0. The van der Waals surface area contributed by atoms with Gasteiger partial charge in [-0.25, -0.2) is 0 Å². The molecule has 17 heavy (non-hydrogen) atoms. The summed E-state index contributed by atoms with van der Waals surface area (Å²) in [6, 6.07) is 5.46. The number of hydrogen-bond donors (Lipinski definition) is 0. The van der Waals surface area contributed by atoms with E-state index in [0.29, 0.717) is 17.9 Å². The van der Waals surface area contributed by atoms with Crippen LogP contribution in [0.3, 0.4) is 0 Å². The highest BCUT2D eigenvalue weighted by Gasteiger charge is 2.26. The summed E-state index contributed by atoms with van der Waals surface area (Å²) in [6.07, 6.45) is 3.64. The second kappa shape index (κ2) is 5.78. The number of ketones is 1. The molecule has 2 rings (SSSR count). The highest BCUT2D eigenvalue weighted by molar-refractivity contribution is 7.09. The second-order valence-corrected chi connectivity index (χ2v) is 6.15. The van der Waals surface area contributed by atoms with Gasteiger partial charge in [0.1, 0.15) is 5.78 Å². The van der Waals surface area contributed by atoms with Crippen molar-refractivity contribution < 1.29 is 4.79 Å². The number of carbonyl (C=O) groups excluding carboxylic acids is 1. The molecule has 0 unspecified atom stereocenters. The predicted molar refractivity (Wildman–Crippen MR) is 72.3 cm³/mol. The molecule has 2 nitrogen and oxygen atoms in total. The van der Waals surface area contributed by atoms with E-state index in [2.05, 4.69) is 36.3 Å². The van der Waals surface area contributed by atoms with E-state index in [1.807, 2.05) is 11.3 Å². The Kier molecular flexibility index (Phi) is 4.35. The van der Waals surface area contributed by atoms with Gasteiger partial charge >= 0.3 is 0 Å². The van der Waals surface area contributed by atoms with Crippen LogP contribution in [0.2, 0.25) is 0 Å². The number of carbonyl (C=O) groups is 1. The first kappa shape index (κ1) is 12.8. The zero-order valence-corrected chi connectivity index (χ0v) is 11.5. The Hall–Kier alpha value is -0.670. The maximum absolute atomic E-state index is 11.3. The number of hydrogen-bond acceptors (Lipinski definition) is 3. The highest BCUT2D eigenvalue weighted by Crippen LogP contribution is 2.25. The first-order valence-corrected chi connectivity index (χ1v) is 7.34. The van der Waals surface area contributed by atoms with E-state index < -0.39 is 0 Å². The van der Waals surface area contributed by atoms with Gasteiger partial charge in [-0.2, -0.15) is 0 Å². The normalized spacial score (nSPS) is 18.2. The molecule has 94 valence electrons. The van der Waals surface area contributed by atoms with E-state index in [0.717, 1.165) is 32.2 Å². The number of thiophene rings is 1. The number of rotatable bonds is 4. The lowest BCUT2D eigenvalue weighted by Gasteiger charge is -2.36. The largest absolute Gasteiger partial charge is 0.300 e. The van der Waals surface area contributed by atoms with Crippen LogP contribution in [0, 0.1) is 0 Å². The first-order valence-electron chi connectivity index (χ1n) is 6.46. The standard InChI is InChI=1S/C14H21NOS/c1-11(2)15(10-14-4-3-9-17-14)12-5-7-13(16)8-6-12/h3-4,9,11-12H,5-8,10H2,1-2H3. The summed E-state index contributed by atoms with van der Waals surface area (Å²) in [6.45, 7) is 5.54. The Morgan fingerprint density at radius 2 is 2.12 bits per heavy atom. The Morgan fingerprint density at radius 3 is 2.65 bits per heavy atom. The van der Waals surface area contributed by atoms with Crippen LogP contribution >= 0.6 is 11.3 Å². The maximum Gasteiger partial charge on any atom is 0.133 e. The number of nitrogens with zero attached hydrogens (tertiary/aromatic N) is 1. The monoisotopic (exact) mass is 251 g/mol. The minimum atomic E-state index is 0.445. The molecule has 0 atom stereocenters. The van der Waals surface area contributed by atoms with Gasteiger partial charge in [-0.3, -0.25) is 9.69 Å². The molecule has 0 aromatic carbocycles. The fraction of sp³-hybridized carbons (Fsp3) is 0.643. The predicted octanol–water partition coefficient (Wildman–Crippen LogP) is 3.47. The SMILES string of the molecule is CC(C)N(Cc1cccs1)C1CCC(=O)CC1. The Labute approximate surface area is 108 Å². The van der Waals surface area contributed by atoms with Crippen LogP contribution in [0.5, 0.6) is 0 Å². The molecule has 0 spiro atoms. The smallest absolute Gasteiger partial charge is 0.133 e. The lowest BCUT2D eigenvalue weighted by atomic mass is 9.92. The minimum Gasteiger partial charge on any atom is -0.300 e. The molecule has 0 aliphatic heterocycles. The summed E-state index contributed by atoms with van der Waals surface area (Å²) in [5, 5.41) is 2.14. The van der Waals surface area contributed by atoms with Gasteiger partial charge in [0.25, 0.3) is 0 Å². The van der Waals surface area contributed by atoms with Crippen molar-refractivity contribution in [3.63, 3.8) is 0 Å². The van der Waals surface area contributed by atoms with E-state index in [9.17, 15) is 4.79 Å². The van der Waals surface area contributed by atoms with E-state index >= 15 is 0 Å². The Morgan fingerprint density at radius 1 is 1.41 bits per heavy atom. The van der Waals surface area contributed by atoms with Crippen molar-refractivity contribution in [3.8, 4) is 0 Å². The van der Waals surface area contributed by atoms with Crippen LogP contribution in [0.25, 0.3) is 0 Å². The molecule has 1 aliphatic rings. The fourth-order valence-corrected chi connectivity index (χ4v) is 3.28. The molecule has 0 N–H and O–H groups in total. The van der Waals surface area contributed by atoms with Gasteiger partial charge in [-0.15, -0.1) is 11.3 Å². The molecule has 0 saturated heterocycles. The lowest BCUT2D eigenvalue weighted by molar-refractivity contribution is -0.121. The summed E-state index contributed by atoms with van der Waals surface area (Å²) in [4.78, 5) is 15.3. The molecule has 1 aromatic rings. The van der Waals surface area contributed by atoms with Crippen molar-refractivity contribution in [3.05, 3.63) is 22.4 Å². The van der Waals surface area contributed by atoms with Crippen LogP contribution in [0.1, 0.15) is 44.4 Å². The van der Waals surface area contributed by atoms with E-state index in [-0.39, 0.29) is 0 Å². The summed E-state index contributed by atoms with van der Waals surface area (Å²) in [5.74, 6) is 0.445. The third-order valence-electron chi connectivity index (χ3n) is 3.56. The van der Waals surface area contributed by atoms with Crippen molar-refractivity contribution in [2.24, 2.45) is 0 Å². The zero-order chi connectivity index (χ0) is 12.3. The Bertz CT molecular complexity index is 348. The molecule has 1 aromatic heterocycles. The molecule has 3 heteroatoms. The van der Waals surface area contributed by atoms with Crippen molar-refractivity contribution in [2.75, 3.05) is 0 Å². The van der Waals surface area contributed by atoms with Crippen molar-refractivity contribution in [2.45, 2.75) is 58.2 Å². The summed E-state index contributed by atoms with van der Waals surface area (Å²) in [7, 11) is 0. The number of Topliss-reactive ketones (excluding diaryl/α,β-unsaturated/α-hetero) is 1. The molecular weight excluding hydrogens is 230 g/mol. The lowest BCUT2D eigenvalue weighted by Crippen LogP contribution is -2.41. The van der Waals surface area contributed by atoms with Gasteiger partial charge in [0.15, 0.2) is 0 Å². The molecule has 1 heterocycles. The van der Waals surface area contributed by atoms with Crippen LogP contribution < -0.4 is 0 Å².